The van der Waals surface area contributed by atoms with Crippen molar-refractivity contribution in [3.05, 3.63) is 23.5 Å². The number of halogens is 1. The Bertz CT molecular complexity index is 353. The first-order chi connectivity index (χ1) is 6.72. The molecule has 0 aliphatic rings. The number of nitrogens with zero attached hydrogens (tertiary/aromatic N) is 1. The Morgan fingerprint density at radius 3 is 2.57 bits per heavy atom. The number of hydrogen-bond donors (Lipinski definition) is 1. The van der Waals surface area contributed by atoms with Crippen molar-refractivity contribution in [3.63, 3.8) is 0 Å². The van der Waals surface area contributed by atoms with Crippen molar-refractivity contribution in [1.82, 2.24) is 0 Å². The van der Waals surface area contributed by atoms with Gasteiger partial charge in [-0.1, -0.05) is 0 Å². The summed E-state index contributed by atoms with van der Waals surface area (Å²) in [6, 6.07) is 2.84. The Hall–Kier alpha value is -1.78. The van der Waals surface area contributed by atoms with Gasteiger partial charge in [-0.25, -0.2) is 4.39 Å². The van der Waals surface area contributed by atoms with Gasteiger partial charge in [0.1, 0.15) is 0 Å². The van der Waals surface area contributed by atoms with Crippen LogP contribution in [0.3, 0.4) is 0 Å². The van der Waals surface area contributed by atoms with Gasteiger partial charge in [-0.2, -0.15) is 5.10 Å². The zero-order valence-corrected chi connectivity index (χ0v) is 7.95. The summed E-state index contributed by atoms with van der Waals surface area (Å²) in [5, 5.41) is 3.29. The van der Waals surface area contributed by atoms with Crippen LogP contribution in [0.25, 0.3) is 0 Å². The molecule has 2 N–H and O–H groups in total. The van der Waals surface area contributed by atoms with E-state index in [0.29, 0.717) is 11.3 Å². The van der Waals surface area contributed by atoms with E-state index in [1.54, 1.807) is 6.07 Å². The Morgan fingerprint density at radius 1 is 1.36 bits per heavy atom. The molecule has 0 saturated heterocycles. The predicted molar refractivity (Wildman–Crippen MR) is 51.3 cm³/mol. The van der Waals surface area contributed by atoms with E-state index >= 15 is 0 Å². The molecule has 0 fully saturated rings. The molecular weight excluding hydrogens is 187 g/mol. The van der Waals surface area contributed by atoms with E-state index in [0.717, 1.165) is 0 Å². The highest BCUT2D eigenvalue weighted by atomic mass is 19.1. The molecule has 0 unspecified atom stereocenters. The molecule has 0 aliphatic carbocycles. The first-order valence-corrected chi connectivity index (χ1v) is 3.87. The topological polar surface area (TPSA) is 56.8 Å². The molecule has 1 rings (SSSR count). The Labute approximate surface area is 81.1 Å². The molecule has 76 valence electrons. The molecule has 0 amide bonds. The number of hydrogen-bond acceptors (Lipinski definition) is 4. The van der Waals surface area contributed by atoms with E-state index in [1.807, 2.05) is 0 Å². The van der Waals surface area contributed by atoms with Crippen molar-refractivity contribution >= 4 is 6.21 Å². The van der Waals surface area contributed by atoms with Crippen molar-refractivity contribution in [2.75, 3.05) is 14.2 Å². The van der Waals surface area contributed by atoms with Crippen LogP contribution in [0.2, 0.25) is 0 Å². The molecule has 0 spiro atoms. The van der Waals surface area contributed by atoms with Gasteiger partial charge in [-0.3, -0.25) is 0 Å². The summed E-state index contributed by atoms with van der Waals surface area (Å²) in [6.07, 6.45) is 1.32. The zero-order valence-electron chi connectivity index (χ0n) is 7.95. The van der Waals surface area contributed by atoms with Gasteiger partial charge in [-0.05, 0) is 12.1 Å². The lowest BCUT2D eigenvalue weighted by Gasteiger charge is -2.08. The second-order valence-electron chi connectivity index (χ2n) is 2.52. The van der Waals surface area contributed by atoms with Gasteiger partial charge < -0.3 is 15.3 Å². The molecule has 0 aliphatic heterocycles. The Kier molecular flexibility index (Phi) is 3.28. The summed E-state index contributed by atoms with van der Waals surface area (Å²) in [6.45, 7) is 0. The third-order valence-electron chi connectivity index (χ3n) is 1.68. The van der Waals surface area contributed by atoms with Crippen LogP contribution in [-0.4, -0.2) is 20.4 Å². The largest absolute Gasteiger partial charge is 0.493 e. The van der Waals surface area contributed by atoms with Crippen LogP contribution in [0.5, 0.6) is 11.5 Å². The predicted octanol–water partition coefficient (Wildman–Crippen LogP) is 1.14. The fourth-order valence-corrected chi connectivity index (χ4v) is 1.10. The Balaban J connectivity index is 3.23. The van der Waals surface area contributed by atoms with Crippen LogP contribution in [0, 0.1) is 5.82 Å². The van der Waals surface area contributed by atoms with Crippen LogP contribution >= 0.6 is 0 Å². The van der Waals surface area contributed by atoms with E-state index in [9.17, 15) is 4.39 Å². The minimum atomic E-state index is -0.512. The maximum Gasteiger partial charge on any atom is 0.196 e. The molecule has 1 aromatic carbocycles. The smallest absolute Gasteiger partial charge is 0.196 e. The molecular formula is C9H11FN2O2. The number of methoxy groups -OCH3 is 2. The molecule has 0 atom stereocenters. The van der Waals surface area contributed by atoms with Gasteiger partial charge in [0.25, 0.3) is 0 Å². The van der Waals surface area contributed by atoms with Gasteiger partial charge in [0.05, 0.1) is 20.4 Å². The van der Waals surface area contributed by atoms with Gasteiger partial charge in [0.15, 0.2) is 17.3 Å². The summed E-state index contributed by atoms with van der Waals surface area (Å²) >= 11 is 0. The molecule has 0 saturated carbocycles. The van der Waals surface area contributed by atoms with Gasteiger partial charge >= 0.3 is 0 Å². The molecule has 14 heavy (non-hydrogen) atoms. The first-order valence-electron chi connectivity index (χ1n) is 3.87. The summed E-state index contributed by atoms with van der Waals surface area (Å²) < 4.78 is 23.1. The molecule has 0 radical (unpaired) electrons. The van der Waals surface area contributed by atoms with Crippen LogP contribution in [0.15, 0.2) is 17.2 Å². The standard InChI is InChI=1S/C9H11FN2O2/c1-13-8-4-6(5-12-11)3-7(10)9(8)14-2/h3-5H,11H2,1-2H3. The van der Waals surface area contributed by atoms with E-state index in [-0.39, 0.29) is 5.75 Å². The third-order valence-corrected chi connectivity index (χ3v) is 1.68. The number of rotatable bonds is 3. The van der Waals surface area contributed by atoms with Gasteiger partial charge in [-0.15, -0.1) is 0 Å². The highest BCUT2D eigenvalue weighted by Gasteiger charge is 2.10. The quantitative estimate of drug-likeness (QED) is 0.450. The van der Waals surface area contributed by atoms with Crippen LogP contribution < -0.4 is 15.3 Å². The molecule has 4 nitrogen and oxygen atoms in total. The highest BCUT2D eigenvalue weighted by molar-refractivity contribution is 5.80. The maximum atomic E-state index is 13.3. The number of benzene rings is 1. The van der Waals surface area contributed by atoms with Crippen molar-refractivity contribution < 1.29 is 13.9 Å². The normalized spacial score (nSPS) is 10.5. The fourth-order valence-electron chi connectivity index (χ4n) is 1.10. The monoisotopic (exact) mass is 198 g/mol. The fraction of sp³-hybridized carbons (Fsp3) is 0.222. The van der Waals surface area contributed by atoms with E-state index in [1.165, 1.54) is 26.5 Å². The SMILES string of the molecule is COc1cc(C=NN)cc(F)c1OC. The minimum absolute atomic E-state index is 0.0710. The molecule has 1 aromatic rings. The van der Waals surface area contributed by atoms with Crippen molar-refractivity contribution in [2.45, 2.75) is 0 Å². The third kappa shape index (κ3) is 1.93. The second kappa shape index (κ2) is 4.45. The number of hydrazone groups is 1. The van der Waals surface area contributed by atoms with E-state index in [2.05, 4.69) is 5.10 Å². The second-order valence-corrected chi connectivity index (χ2v) is 2.52. The number of ether oxygens (including phenoxy) is 2. The van der Waals surface area contributed by atoms with Crippen LogP contribution in [0.1, 0.15) is 5.56 Å². The molecule has 0 aromatic heterocycles. The van der Waals surface area contributed by atoms with Crippen LogP contribution in [0.4, 0.5) is 4.39 Å². The van der Waals surface area contributed by atoms with Crippen LogP contribution in [-0.2, 0) is 0 Å². The lowest BCUT2D eigenvalue weighted by atomic mass is 10.2. The average Bonchev–Trinajstić information content (AvgIpc) is 2.17. The Morgan fingerprint density at radius 2 is 2.07 bits per heavy atom. The average molecular weight is 198 g/mol. The van der Waals surface area contributed by atoms with E-state index in [4.69, 9.17) is 15.3 Å². The molecule has 0 bridgehead atoms. The maximum absolute atomic E-state index is 13.3. The van der Waals surface area contributed by atoms with Crippen molar-refractivity contribution in [2.24, 2.45) is 10.9 Å². The van der Waals surface area contributed by atoms with E-state index < -0.39 is 5.82 Å². The lowest BCUT2D eigenvalue weighted by molar-refractivity contribution is 0.337. The zero-order chi connectivity index (χ0) is 10.6. The summed E-state index contributed by atoms with van der Waals surface area (Å²) in [4.78, 5) is 0. The minimum Gasteiger partial charge on any atom is -0.493 e. The summed E-state index contributed by atoms with van der Waals surface area (Å²) in [7, 11) is 2.80. The van der Waals surface area contributed by atoms with Crippen molar-refractivity contribution in [1.29, 1.82) is 0 Å². The number of nitrogens with two attached hydrogens (primary N) is 1. The first kappa shape index (κ1) is 10.3. The van der Waals surface area contributed by atoms with Gasteiger partial charge in [0.2, 0.25) is 0 Å². The summed E-state index contributed by atoms with van der Waals surface area (Å²) in [5.74, 6) is 4.81. The molecule has 0 heterocycles. The highest BCUT2D eigenvalue weighted by Crippen LogP contribution is 2.30. The van der Waals surface area contributed by atoms with Crippen molar-refractivity contribution in [3.8, 4) is 11.5 Å². The van der Waals surface area contributed by atoms with Gasteiger partial charge in [0, 0.05) is 5.56 Å². The molecule has 5 heteroatoms. The lowest BCUT2D eigenvalue weighted by Crippen LogP contribution is -1.96. The summed E-state index contributed by atoms with van der Waals surface area (Å²) in [5.41, 5.74) is 0.516.